The fraction of sp³-hybridized carbons (Fsp3) is 0.188. The molecule has 1 aliphatic rings. The number of hydrogen-bond donors (Lipinski definition) is 3. The van der Waals surface area contributed by atoms with Gasteiger partial charge in [0.1, 0.15) is 6.04 Å². The number of nitrogens with one attached hydrogen (secondary N) is 2. The predicted molar refractivity (Wildman–Crippen MR) is 78.6 cm³/mol. The minimum Gasteiger partial charge on any atom is -0.392 e. The Morgan fingerprint density at radius 2 is 1.95 bits per heavy atom. The topological polar surface area (TPSA) is 61.4 Å². The standard InChI is InChI=1S/C16H16N2O2/c19-10-11-5-7-13(8-6-11)17-16(20)15-9-12-3-1-2-4-14(12)18-15/h1-8,15,18-19H,9-10H2,(H,17,20)/t15-/m0/s1. The van der Waals surface area contributed by atoms with E-state index in [1.165, 1.54) is 5.56 Å². The molecule has 1 atom stereocenters. The maximum atomic E-state index is 12.2. The summed E-state index contributed by atoms with van der Waals surface area (Å²) in [5.74, 6) is -0.0436. The van der Waals surface area contributed by atoms with E-state index >= 15 is 0 Å². The fourth-order valence-electron chi connectivity index (χ4n) is 2.38. The van der Waals surface area contributed by atoms with Gasteiger partial charge in [0.2, 0.25) is 5.91 Å². The van der Waals surface area contributed by atoms with Gasteiger partial charge in [-0.1, -0.05) is 30.3 Å². The molecular weight excluding hydrogens is 252 g/mol. The molecule has 1 heterocycles. The lowest BCUT2D eigenvalue weighted by Crippen LogP contribution is -2.32. The van der Waals surface area contributed by atoms with Crippen molar-refractivity contribution in [2.45, 2.75) is 19.1 Å². The average Bonchev–Trinajstić information content (AvgIpc) is 2.92. The highest BCUT2D eigenvalue weighted by Crippen LogP contribution is 2.25. The highest BCUT2D eigenvalue weighted by Gasteiger charge is 2.26. The minimum atomic E-state index is -0.232. The van der Waals surface area contributed by atoms with Crippen molar-refractivity contribution in [1.82, 2.24) is 0 Å². The van der Waals surface area contributed by atoms with Crippen LogP contribution in [0.15, 0.2) is 48.5 Å². The summed E-state index contributed by atoms with van der Waals surface area (Å²) in [4.78, 5) is 12.2. The second-order valence-corrected chi connectivity index (χ2v) is 4.90. The summed E-state index contributed by atoms with van der Waals surface area (Å²) in [7, 11) is 0. The molecule has 0 saturated carbocycles. The van der Waals surface area contributed by atoms with Crippen molar-refractivity contribution in [2.24, 2.45) is 0 Å². The third-order valence-corrected chi connectivity index (χ3v) is 3.49. The summed E-state index contributed by atoms with van der Waals surface area (Å²) in [6, 6.07) is 14.9. The Labute approximate surface area is 117 Å². The SMILES string of the molecule is O=C(Nc1ccc(CO)cc1)[C@@H]1Cc2ccccc2N1. The Hall–Kier alpha value is -2.33. The third kappa shape index (κ3) is 2.51. The Morgan fingerprint density at radius 1 is 1.20 bits per heavy atom. The van der Waals surface area contributed by atoms with Crippen LogP contribution in [-0.2, 0) is 17.8 Å². The van der Waals surface area contributed by atoms with E-state index in [1.807, 2.05) is 24.3 Å². The van der Waals surface area contributed by atoms with Gasteiger partial charge in [0, 0.05) is 17.8 Å². The molecule has 0 unspecified atom stereocenters. The van der Waals surface area contributed by atoms with Gasteiger partial charge < -0.3 is 15.7 Å². The van der Waals surface area contributed by atoms with Gasteiger partial charge >= 0.3 is 0 Å². The van der Waals surface area contributed by atoms with Crippen LogP contribution in [0.2, 0.25) is 0 Å². The fourth-order valence-corrected chi connectivity index (χ4v) is 2.38. The first-order chi connectivity index (χ1) is 9.76. The van der Waals surface area contributed by atoms with Crippen LogP contribution in [0.25, 0.3) is 0 Å². The molecule has 4 heteroatoms. The molecule has 2 aromatic carbocycles. The minimum absolute atomic E-state index is 0.00766. The number of fused-ring (bicyclic) bond motifs is 1. The first-order valence-corrected chi connectivity index (χ1v) is 6.61. The molecule has 102 valence electrons. The number of para-hydroxylation sites is 1. The van der Waals surface area contributed by atoms with Crippen molar-refractivity contribution in [3.8, 4) is 0 Å². The van der Waals surface area contributed by atoms with Crippen LogP contribution in [0, 0.1) is 0 Å². The van der Waals surface area contributed by atoms with Gasteiger partial charge in [-0.25, -0.2) is 0 Å². The summed E-state index contributed by atoms with van der Waals surface area (Å²) in [5, 5.41) is 15.1. The molecular formula is C16H16N2O2. The summed E-state index contributed by atoms with van der Waals surface area (Å²) in [6.45, 7) is 0.00766. The molecule has 1 amide bonds. The number of anilines is 2. The van der Waals surface area contributed by atoms with E-state index in [0.717, 1.165) is 16.9 Å². The second kappa shape index (κ2) is 5.35. The molecule has 0 aromatic heterocycles. The zero-order valence-corrected chi connectivity index (χ0v) is 11.0. The second-order valence-electron chi connectivity index (χ2n) is 4.90. The Bertz CT molecular complexity index is 598. The van der Waals surface area contributed by atoms with Crippen molar-refractivity contribution >= 4 is 17.3 Å². The van der Waals surface area contributed by atoms with Crippen LogP contribution in [0.5, 0.6) is 0 Å². The molecule has 0 aliphatic carbocycles. The lowest BCUT2D eigenvalue weighted by Gasteiger charge is -2.12. The molecule has 1 aliphatic heterocycles. The van der Waals surface area contributed by atoms with Gasteiger partial charge in [0.05, 0.1) is 6.61 Å². The van der Waals surface area contributed by atoms with Gasteiger partial charge in [0.15, 0.2) is 0 Å². The highest BCUT2D eigenvalue weighted by molar-refractivity contribution is 5.98. The van der Waals surface area contributed by atoms with E-state index in [4.69, 9.17) is 5.11 Å². The van der Waals surface area contributed by atoms with Gasteiger partial charge in [0.25, 0.3) is 0 Å². The molecule has 0 radical (unpaired) electrons. The largest absolute Gasteiger partial charge is 0.392 e. The molecule has 3 rings (SSSR count). The quantitative estimate of drug-likeness (QED) is 0.799. The van der Waals surface area contributed by atoms with E-state index in [9.17, 15) is 4.79 Å². The van der Waals surface area contributed by atoms with Crippen molar-refractivity contribution in [2.75, 3.05) is 10.6 Å². The van der Waals surface area contributed by atoms with Crippen molar-refractivity contribution < 1.29 is 9.90 Å². The van der Waals surface area contributed by atoms with Gasteiger partial charge in [-0.2, -0.15) is 0 Å². The van der Waals surface area contributed by atoms with E-state index in [0.29, 0.717) is 6.42 Å². The van der Waals surface area contributed by atoms with Crippen LogP contribution in [0.1, 0.15) is 11.1 Å². The predicted octanol–water partition coefficient (Wildman–Crippen LogP) is 2.15. The van der Waals surface area contributed by atoms with Gasteiger partial charge in [-0.15, -0.1) is 0 Å². The average molecular weight is 268 g/mol. The molecule has 3 N–H and O–H groups in total. The molecule has 4 nitrogen and oxygen atoms in total. The molecule has 20 heavy (non-hydrogen) atoms. The van der Waals surface area contributed by atoms with Crippen LogP contribution in [0.3, 0.4) is 0 Å². The van der Waals surface area contributed by atoms with Crippen LogP contribution in [0.4, 0.5) is 11.4 Å². The Kier molecular flexibility index (Phi) is 3.39. The van der Waals surface area contributed by atoms with Crippen molar-refractivity contribution in [3.05, 3.63) is 59.7 Å². The summed E-state index contributed by atoms with van der Waals surface area (Å²) >= 11 is 0. The van der Waals surface area contributed by atoms with E-state index in [1.54, 1.807) is 24.3 Å². The van der Waals surface area contributed by atoms with Gasteiger partial charge in [-0.05, 0) is 29.3 Å². The summed E-state index contributed by atoms with van der Waals surface area (Å²) in [5.41, 5.74) is 3.77. The van der Waals surface area contributed by atoms with E-state index in [-0.39, 0.29) is 18.6 Å². The van der Waals surface area contributed by atoms with Crippen LogP contribution in [-0.4, -0.2) is 17.1 Å². The number of benzene rings is 2. The van der Waals surface area contributed by atoms with E-state index < -0.39 is 0 Å². The maximum absolute atomic E-state index is 12.2. The maximum Gasteiger partial charge on any atom is 0.247 e. The first-order valence-electron chi connectivity index (χ1n) is 6.61. The van der Waals surface area contributed by atoms with Gasteiger partial charge in [-0.3, -0.25) is 4.79 Å². The van der Waals surface area contributed by atoms with Crippen molar-refractivity contribution in [1.29, 1.82) is 0 Å². The lowest BCUT2D eigenvalue weighted by atomic mass is 10.1. The normalized spacial score (nSPS) is 16.4. The third-order valence-electron chi connectivity index (χ3n) is 3.49. The number of carbonyl (C=O) groups is 1. The first kappa shape index (κ1) is 12.7. The number of aliphatic hydroxyl groups excluding tert-OH is 1. The number of amides is 1. The molecule has 0 saturated heterocycles. The molecule has 0 fully saturated rings. The van der Waals surface area contributed by atoms with Crippen LogP contribution < -0.4 is 10.6 Å². The molecule has 0 bridgehead atoms. The zero-order valence-electron chi connectivity index (χ0n) is 11.0. The molecule has 0 spiro atoms. The zero-order chi connectivity index (χ0) is 13.9. The number of carbonyl (C=O) groups excluding carboxylic acids is 1. The monoisotopic (exact) mass is 268 g/mol. The number of rotatable bonds is 3. The number of hydrogen-bond acceptors (Lipinski definition) is 3. The Morgan fingerprint density at radius 3 is 2.65 bits per heavy atom. The van der Waals surface area contributed by atoms with Crippen LogP contribution >= 0.6 is 0 Å². The smallest absolute Gasteiger partial charge is 0.247 e. The molecule has 2 aromatic rings. The summed E-state index contributed by atoms with van der Waals surface area (Å²) in [6.07, 6.45) is 0.705. The van der Waals surface area contributed by atoms with E-state index in [2.05, 4.69) is 10.6 Å². The van der Waals surface area contributed by atoms with Crippen molar-refractivity contribution in [3.63, 3.8) is 0 Å². The summed E-state index contributed by atoms with van der Waals surface area (Å²) < 4.78 is 0. The lowest BCUT2D eigenvalue weighted by molar-refractivity contribution is -0.116. The Balaban J connectivity index is 1.66. The number of aliphatic hydroxyl groups is 1. The highest BCUT2D eigenvalue weighted by atomic mass is 16.3.